The van der Waals surface area contributed by atoms with E-state index in [0.717, 1.165) is 4.47 Å². The standard InChI is InChI=1S/C23H16BrN3O3/c24-17-8-6-15(7-9-17)22(28)27-18-11-19-16(12-25-21(19)26-13-18)10-20(23(29)30)14-4-2-1-3-5-14/h1-13H,(H,25,26)(H,27,28)(H,29,30)/b20-10+. The predicted molar refractivity (Wildman–Crippen MR) is 120 cm³/mol. The smallest absolute Gasteiger partial charge is 0.336 e. The topological polar surface area (TPSA) is 95.1 Å². The van der Waals surface area contributed by atoms with Crippen molar-refractivity contribution >= 4 is 56.2 Å². The number of carboxylic acid groups (broad SMARTS) is 1. The number of amides is 1. The molecule has 148 valence electrons. The average Bonchev–Trinajstić information content (AvgIpc) is 3.15. The Bertz CT molecular complexity index is 1260. The maximum atomic E-state index is 12.5. The van der Waals surface area contributed by atoms with E-state index in [0.29, 0.717) is 33.4 Å². The van der Waals surface area contributed by atoms with Gasteiger partial charge in [0.2, 0.25) is 0 Å². The number of hydrogen-bond acceptors (Lipinski definition) is 3. The molecule has 0 aliphatic rings. The third-order valence-electron chi connectivity index (χ3n) is 4.54. The molecular weight excluding hydrogens is 446 g/mol. The van der Waals surface area contributed by atoms with Crippen molar-refractivity contribution in [1.82, 2.24) is 9.97 Å². The van der Waals surface area contributed by atoms with E-state index in [1.165, 1.54) is 0 Å². The van der Waals surface area contributed by atoms with Gasteiger partial charge in [-0.3, -0.25) is 4.79 Å². The number of nitrogens with zero attached hydrogens (tertiary/aromatic N) is 1. The number of aliphatic carboxylic acids is 1. The highest BCUT2D eigenvalue weighted by Crippen LogP contribution is 2.26. The van der Waals surface area contributed by atoms with Crippen molar-refractivity contribution in [2.45, 2.75) is 0 Å². The molecule has 0 spiro atoms. The average molecular weight is 462 g/mol. The van der Waals surface area contributed by atoms with Crippen LogP contribution < -0.4 is 5.32 Å². The third kappa shape index (κ3) is 4.16. The van der Waals surface area contributed by atoms with Crippen LogP contribution in [-0.2, 0) is 4.79 Å². The molecule has 0 unspecified atom stereocenters. The molecule has 7 heteroatoms. The zero-order chi connectivity index (χ0) is 21.1. The van der Waals surface area contributed by atoms with E-state index in [-0.39, 0.29) is 11.5 Å². The summed E-state index contributed by atoms with van der Waals surface area (Å²) in [5.74, 6) is -1.28. The lowest BCUT2D eigenvalue weighted by Crippen LogP contribution is -2.11. The first kappa shape index (κ1) is 19.6. The van der Waals surface area contributed by atoms with E-state index >= 15 is 0 Å². The van der Waals surface area contributed by atoms with E-state index in [9.17, 15) is 14.7 Å². The summed E-state index contributed by atoms with van der Waals surface area (Å²) in [6.07, 6.45) is 4.85. The number of nitrogens with one attached hydrogen (secondary N) is 2. The number of H-pyrrole nitrogens is 1. The Morgan fingerprint density at radius 3 is 2.47 bits per heavy atom. The molecule has 4 aromatic rings. The van der Waals surface area contributed by atoms with Crippen molar-refractivity contribution in [3.8, 4) is 0 Å². The number of halogens is 1. The number of carboxylic acids is 1. The van der Waals surface area contributed by atoms with E-state index in [1.807, 2.05) is 6.07 Å². The summed E-state index contributed by atoms with van der Waals surface area (Å²) in [5.41, 5.74) is 3.07. The molecule has 1 amide bonds. The summed E-state index contributed by atoms with van der Waals surface area (Å²) in [6.45, 7) is 0. The Morgan fingerprint density at radius 1 is 1.03 bits per heavy atom. The van der Waals surface area contributed by atoms with Gasteiger partial charge >= 0.3 is 5.97 Å². The largest absolute Gasteiger partial charge is 0.478 e. The van der Waals surface area contributed by atoms with Gasteiger partial charge in [0.25, 0.3) is 5.91 Å². The maximum absolute atomic E-state index is 12.5. The summed E-state index contributed by atoms with van der Waals surface area (Å²) in [7, 11) is 0. The fourth-order valence-electron chi connectivity index (χ4n) is 3.06. The number of benzene rings is 2. The molecular formula is C23H16BrN3O3. The number of anilines is 1. The number of hydrogen-bond donors (Lipinski definition) is 3. The molecule has 0 saturated heterocycles. The summed E-state index contributed by atoms with van der Waals surface area (Å²) >= 11 is 3.35. The summed E-state index contributed by atoms with van der Waals surface area (Å²) in [6, 6.07) is 17.7. The number of pyridine rings is 1. The van der Waals surface area contributed by atoms with Gasteiger partial charge in [-0.05, 0) is 42.0 Å². The molecule has 30 heavy (non-hydrogen) atoms. The Kier molecular flexibility index (Phi) is 5.45. The molecule has 4 rings (SSSR count). The van der Waals surface area contributed by atoms with Gasteiger partial charge in [0.15, 0.2) is 0 Å². The van der Waals surface area contributed by atoms with Gasteiger partial charge in [-0.2, -0.15) is 0 Å². The Hall–Kier alpha value is -3.71. The summed E-state index contributed by atoms with van der Waals surface area (Å²) < 4.78 is 0.888. The second-order valence-electron chi connectivity index (χ2n) is 6.55. The van der Waals surface area contributed by atoms with Crippen LogP contribution in [0.25, 0.3) is 22.7 Å². The monoisotopic (exact) mass is 461 g/mol. The van der Waals surface area contributed by atoms with Crippen LogP contribution in [-0.4, -0.2) is 27.0 Å². The predicted octanol–water partition coefficient (Wildman–Crippen LogP) is 5.20. The van der Waals surface area contributed by atoms with Crippen molar-refractivity contribution < 1.29 is 14.7 Å². The highest BCUT2D eigenvalue weighted by molar-refractivity contribution is 9.10. The molecule has 2 aromatic carbocycles. The number of carbonyl (C=O) groups excluding carboxylic acids is 1. The number of rotatable bonds is 5. The molecule has 0 fully saturated rings. The number of aromatic nitrogens is 2. The quantitative estimate of drug-likeness (QED) is 0.355. The normalized spacial score (nSPS) is 11.4. The molecule has 0 aliphatic heterocycles. The first-order valence-corrected chi connectivity index (χ1v) is 9.85. The third-order valence-corrected chi connectivity index (χ3v) is 5.07. The van der Waals surface area contributed by atoms with E-state index in [4.69, 9.17) is 0 Å². The zero-order valence-electron chi connectivity index (χ0n) is 15.6. The van der Waals surface area contributed by atoms with Crippen LogP contribution in [0.5, 0.6) is 0 Å². The molecule has 2 aromatic heterocycles. The lowest BCUT2D eigenvalue weighted by atomic mass is 10.0. The second-order valence-corrected chi connectivity index (χ2v) is 7.47. The van der Waals surface area contributed by atoms with Crippen LogP contribution in [0, 0.1) is 0 Å². The first-order valence-electron chi connectivity index (χ1n) is 9.06. The van der Waals surface area contributed by atoms with Crippen molar-refractivity contribution in [3.63, 3.8) is 0 Å². The van der Waals surface area contributed by atoms with Crippen LogP contribution in [0.2, 0.25) is 0 Å². The van der Waals surface area contributed by atoms with Gasteiger partial charge in [-0.15, -0.1) is 0 Å². The highest BCUT2D eigenvalue weighted by atomic mass is 79.9. The minimum atomic E-state index is -1.02. The van der Waals surface area contributed by atoms with Crippen molar-refractivity contribution in [2.24, 2.45) is 0 Å². The lowest BCUT2D eigenvalue weighted by Gasteiger charge is -2.06. The molecule has 0 bridgehead atoms. The van der Waals surface area contributed by atoms with Gasteiger partial charge in [0.05, 0.1) is 17.5 Å². The van der Waals surface area contributed by atoms with E-state index in [2.05, 4.69) is 31.2 Å². The molecule has 0 aliphatic carbocycles. The minimum Gasteiger partial charge on any atom is -0.478 e. The number of aromatic amines is 1. The van der Waals surface area contributed by atoms with Gasteiger partial charge in [0, 0.05) is 27.2 Å². The fourth-order valence-corrected chi connectivity index (χ4v) is 3.32. The molecule has 3 N–H and O–H groups in total. The van der Waals surface area contributed by atoms with Gasteiger partial charge < -0.3 is 15.4 Å². The zero-order valence-corrected chi connectivity index (χ0v) is 17.2. The molecule has 6 nitrogen and oxygen atoms in total. The van der Waals surface area contributed by atoms with Gasteiger partial charge in [-0.1, -0.05) is 46.3 Å². The Balaban J connectivity index is 1.68. The van der Waals surface area contributed by atoms with E-state index < -0.39 is 5.97 Å². The first-order chi connectivity index (χ1) is 14.5. The van der Waals surface area contributed by atoms with Crippen molar-refractivity contribution in [2.75, 3.05) is 5.32 Å². The Labute approximate surface area is 180 Å². The maximum Gasteiger partial charge on any atom is 0.336 e. The fraction of sp³-hybridized carbons (Fsp3) is 0. The molecule has 0 radical (unpaired) electrons. The van der Waals surface area contributed by atoms with Crippen LogP contribution in [0.3, 0.4) is 0 Å². The molecule has 0 saturated carbocycles. The van der Waals surface area contributed by atoms with Crippen LogP contribution in [0.4, 0.5) is 5.69 Å². The van der Waals surface area contributed by atoms with Crippen molar-refractivity contribution in [1.29, 1.82) is 0 Å². The van der Waals surface area contributed by atoms with Crippen LogP contribution >= 0.6 is 15.9 Å². The highest BCUT2D eigenvalue weighted by Gasteiger charge is 2.13. The number of fused-ring (bicyclic) bond motifs is 1. The van der Waals surface area contributed by atoms with Gasteiger partial charge in [0.1, 0.15) is 5.65 Å². The van der Waals surface area contributed by atoms with Crippen LogP contribution in [0.15, 0.2) is 77.5 Å². The van der Waals surface area contributed by atoms with Crippen LogP contribution in [0.1, 0.15) is 21.5 Å². The van der Waals surface area contributed by atoms with Gasteiger partial charge in [-0.25, -0.2) is 9.78 Å². The molecule has 0 atom stereocenters. The lowest BCUT2D eigenvalue weighted by molar-refractivity contribution is -0.130. The minimum absolute atomic E-state index is 0.167. The Morgan fingerprint density at radius 2 is 1.77 bits per heavy atom. The van der Waals surface area contributed by atoms with E-state index in [1.54, 1.807) is 73.1 Å². The SMILES string of the molecule is O=C(O)/C(=C/c1c[nH]c2ncc(NC(=O)c3ccc(Br)cc3)cc12)c1ccccc1. The van der Waals surface area contributed by atoms with Crippen molar-refractivity contribution in [3.05, 3.63) is 94.2 Å². The number of carbonyl (C=O) groups is 2. The second kappa shape index (κ2) is 8.34. The summed E-state index contributed by atoms with van der Waals surface area (Å²) in [4.78, 5) is 31.7. The molecule has 2 heterocycles. The summed E-state index contributed by atoms with van der Waals surface area (Å²) in [5, 5.41) is 13.2.